The molecule has 0 heterocycles. The fourth-order valence-corrected chi connectivity index (χ4v) is 1.42. The second-order valence-corrected chi connectivity index (χ2v) is 3.13. The molecule has 76 valence electrons. The Morgan fingerprint density at radius 3 is 2.57 bits per heavy atom. The number of phenols is 1. The lowest BCUT2D eigenvalue weighted by molar-refractivity contribution is 0.0693. The van der Waals surface area contributed by atoms with Crippen molar-refractivity contribution in [3.8, 4) is 11.5 Å². The molecule has 5 heteroatoms. The SMILES string of the molecule is COc1c(C(=O)O)cc(Cl)c(O)c1C. The first kappa shape index (κ1) is 10.7. The first-order valence-electron chi connectivity index (χ1n) is 3.78. The molecule has 0 spiro atoms. The second kappa shape index (κ2) is 3.75. The van der Waals surface area contributed by atoms with Crippen LogP contribution in [-0.2, 0) is 0 Å². The number of benzene rings is 1. The largest absolute Gasteiger partial charge is 0.506 e. The quantitative estimate of drug-likeness (QED) is 0.794. The summed E-state index contributed by atoms with van der Waals surface area (Å²) < 4.78 is 4.87. The van der Waals surface area contributed by atoms with Gasteiger partial charge in [0.15, 0.2) is 0 Å². The normalized spacial score (nSPS) is 9.93. The number of aromatic hydroxyl groups is 1. The molecule has 4 nitrogen and oxygen atoms in total. The molecule has 1 aromatic rings. The predicted octanol–water partition coefficient (Wildman–Crippen LogP) is 2.06. The second-order valence-electron chi connectivity index (χ2n) is 2.72. The molecule has 1 aromatic carbocycles. The summed E-state index contributed by atoms with van der Waals surface area (Å²) in [5, 5.41) is 18.2. The van der Waals surface area contributed by atoms with E-state index in [-0.39, 0.29) is 22.1 Å². The molecular weight excluding hydrogens is 208 g/mol. The van der Waals surface area contributed by atoms with E-state index in [0.717, 1.165) is 6.07 Å². The van der Waals surface area contributed by atoms with Crippen molar-refractivity contribution in [2.24, 2.45) is 0 Å². The summed E-state index contributed by atoms with van der Waals surface area (Å²) >= 11 is 5.62. The standard InChI is InChI=1S/C9H9ClO4/c1-4-7(11)6(10)3-5(9(12)13)8(4)14-2/h3,11H,1-2H3,(H,12,13). The van der Waals surface area contributed by atoms with Gasteiger partial charge in [-0.15, -0.1) is 0 Å². The number of hydrogen-bond acceptors (Lipinski definition) is 3. The predicted molar refractivity (Wildman–Crippen MR) is 51.4 cm³/mol. The van der Waals surface area contributed by atoms with Gasteiger partial charge in [-0.25, -0.2) is 4.79 Å². The molecule has 0 atom stereocenters. The van der Waals surface area contributed by atoms with Crippen molar-refractivity contribution >= 4 is 17.6 Å². The molecule has 0 aliphatic rings. The van der Waals surface area contributed by atoms with Gasteiger partial charge in [-0.05, 0) is 13.0 Å². The molecular formula is C9H9ClO4. The van der Waals surface area contributed by atoms with Crippen molar-refractivity contribution in [2.45, 2.75) is 6.92 Å². The highest BCUT2D eigenvalue weighted by atomic mass is 35.5. The lowest BCUT2D eigenvalue weighted by Crippen LogP contribution is -2.02. The van der Waals surface area contributed by atoms with Gasteiger partial charge in [-0.3, -0.25) is 0 Å². The highest BCUT2D eigenvalue weighted by Gasteiger charge is 2.18. The smallest absolute Gasteiger partial charge is 0.339 e. The van der Waals surface area contributed by atoms with Gasteiger partial charge < -0.3 is 14.9 Å². The molecule has 0 saturated carbocycles. The average molecular weight is 217 g/mol. The molecule has 0 radical (unpaired) electrons. The maximum Gasteiger partial charge on any atom is 0.339 e. The number of ether oxygens (including phenoxy) is 1. The summed E-state index contributed by atoms with van der Waals surface area (Å²) in [5.41, 5.74) is 0.255. The summed E-state index contributed by atoms with van der Waals surface area (Å²) in [6, 6.07) is 1.16. The van der Waals surface area contributed by atoms with Crippen molar-refractivity contribution in [3.63, 3.8) is 0 Å². The van der Waals surface area contributed by atoms with Crippen LogP contribution in [0.3, 0.4) is 0 Å². The van der Waals surface area contributed by atoms with Gasteiger partial charge in [0.1, 0.15) is 17.1 Å². The number of halogens is 1. The minimum Gasteiger partial charge on any atom is -0.506 e. The zero-order valence-electron chi connectivity index (χ0n) is 7.67. The van der Waals surface area contributed by atoms with Crippen LogP contribution in [0.25, 0.3) is 0 Å². The molecule has 0 amide bonds. The molecule has 0 aromatic heterocycles. The van der Waals surface area contributed by atoms with Crippen molar-refractivity contribution < 1.29 is 19.7 Å². The van der Waals surface area contributed by atoms with Crippen LogP contribution in [0.15, 0.2) is 6.07 Å². The van der Waals surface area contributed by atoms with E-state index in [9.17, 15) is 9.90 Å². The summed E-state index contributed by atoms with van der Waals surface area (Å²) in [7, 11) is 1.34. The van der Waals surface area contributed by atoms with Crippen molar-refractivity contribution in [2.75, 3.05) is 7.11 Å². The van der Waals surface area contributed by atoms with Crippen LogP contribution >= 0.6 is 11.6 Å². The maximum absolute atomic E-state index is 10.8. The lowest BCUT2D eigenvalue weighted by Gasteiger charge is -2.10. The van der Waals surface area contributed by atoms with E-state index in [1.807, 2.05) is 0 Å². The topological polar surface area (TPSA) is 66.8 Å². The van der Waals surface area contributed by atoms with Gasteiger partial charge in [0, 0.05) is 5.56 Å². The van der Waals surface area contributed by atoms with E-state index in [2.05, 4.69) is 0 Å². The van der Waals surface area contributed by atoms with Gasteiger partial charge in [-0.2, -0.15) is 0 Å². The fourth-order valence-electron chi connectivity index (χ4n) is 1.17. The summed E-state index contributed by atoms with van der Waals surface area (Å²) in [6.45, 7) is 1.53. The first-order chi connectivity index (χ1) is 6.49. The Kier molecular flexibility index (Phi) is 2.86. The van der Waals surface area contributed by atoms with Crippen LogP contribution in [0, 0.1) is 6.92 Å². The van der Waals surface area contributed by atoms with Crippen LogP contribution in [0.4, 0.5) is 0 Å². The zero-order valence-corrected chi connectivity index (χ0v) is 8.42. The molecule has 14 heavy (non-hydrogen) atoms. The van der Waals surface area contributed by atoms with E-state index < -0.39 is 5.97 Å². The first-order valence-corrected chi connectivity index (χ1v) is 4.16. The number of rotatable bonds is 2. The lowest BCUT2D eigenvalue weighted by atomic mass is 10.1. The van der Waals surface area contributed by atoms with Crippen LogP contribution in [0.2, 0.25) is 5.02 Å². The van der Waals surface area contributed by atoms with Crippen LogP contribution < -0.4 is 4.74 Å². The summed E-state index contributed by atoms with van der Waals surface area (Å²) in [6.07, 6.45) is 0. The van der Waals surface area contributed by atoms with E-state index >= 15 is 0 Å². The van der Waals surface area contributed by atoms with Crippen molar-refractivity contribution in [1.29, 1.82) is 0 Å². The average Bonchev–Trinajstić information content (AvgIpc) is 2.13. The van der Waals surface area contributed by atoms with Gasteiger partial charge in [0.25, 0.3) is 0 Å². The third kappa shape index (κ3) is 1.61. The molecule has 1 rings (SSSR count). The fraction of sp³-hybridized carbons (Fsp3) is 0.222. The molecule has 0 saturated heterocycles. The van der Waals surface area contributed by atoms with E-state index in [0.29, 0.717) is 5.56 Å². The molecule has 2 N–H and O–H groups in total. The van der Waals surface area contributed by atoms with Gasteiger partial charge in [0.05, 0.1) is 12.1 Å². The highest BCUT2D eigenvalue weighted by Crippen LogP contribution is 2.36. The number of methoxy groups -OCH3 is 1. The molecule has 0 fully saturated rings. The minimum absolute atomic E-state index is 0.000648. The van der Waals surface area contributed by atoms with E-state index in [4.69, 9.17) is 21.4 Å². The van der Waals surface area contributed by atoms with Crippen LogP contribution in [-0.4, -0.2) is 23.3 Å². The molecule has 0 bridgehead atoms. The third-order valence-electron chi connectivity index (χ3n) is 1.87. The van der Waals surface area contributed by atoms with Gasteiger partial charge >= 0.3 is 5.97 Å². The Bertz CT molecular complexity index is 387. The Balaban J connectivity index is 3.51. The number of phenolic OH excluding ortho intramolecular Hbond substituents is 1. The number of aromatic carboxylic acids is 1. The van der Waals surface area contributed by atoms with E-state index in [1.54, 1.807) is 0 Å². The number of carboxylic acid groups (broad SMARTS) is 1. The third-order valence-corrected chi connectivity index (χ3v) is 2.16. The number of carbonyl (C=O) groups is 1. The van der Waals surface area contributed by atoms with E-state index in [1.165, 1.54) is 14.0 Å². The Morgan fingerprint density at radius 1 is 1.57 bits per heavy atom. The van der Waals surface area contributed by atoms with Crippen LogP contribution in [0.5, 0.6) is 11.5 Å². The van der Waals surface area contributed by atoms with Gasteiger partial charge in [0.2, 0.25) is 0 Å². The number of carboxylic acids is 1. The zero-order chi connectivity index (χ0) is 10.9. The van der Waals surface area contributed by atoms with Crippen LogP contribution in [0.1, 0.15) is 15.9 Å². The minimum atomic E-state index is -1.15. The monoisotopic (exact) mass is 216 g/mol. The summed E-state index contributed by atoms with van der Waals surface area (Å²) in [5.74, 6) is -1.18. The number of hydrogen-bond donors (Lipinski definition) is 2. The Labute approximate surface area is 85.7 Å². The maximum atomic E-state index is 10.8. The van der Waals surface area contributed by atoms with Crippen molar-refractivity contribution in [1.82, 2.24) is 0 Å². The Hall–Kier alpha value is -1.42. The summed E-state index contributed by atoms with van der Waals surface area (Å²) in [4.78, 5) is 10.8. The Morgan fingerprint density at radius 2 is 2.14 bits per heavy atom. The van der Waals surface area contributed by atoms with Gasteiger partial charge in [-0.1, -0.05) is 11.6 Å². The highest BCUT2D eigenvalue weighted by molar-refractivity contribution is 6.32. The van der Waals surface area contributed by atoms with Crippen molar-refractivity contribution in [3.05, 3.63) is 22.2 Å². The molecule has 0 unspecified atom stereocenters. The molecule has 0 aliphatic carbocycles. The molecule has 0 aliphatic heterocycles.